The predicted molar refractivity (Wildman–Crippen MR) is 381 cm³/mol. The van der Waals surface area contributed by atoms with Crippen molar-refractivity contribution < 1.29 is 56.8 Å². The molecule has 8 saturated heterocycles. The molecule has 12 heteroatoms. The Morgan fingerprint density at radius 2 is 0.813 bits per heavy atom. The van der Waals surface area contributed by atoms with E-state index in [1.807, 2.05) is 0 Å². The molecule has 0 aromatic rings. The van der Waals surface area contributed by atoms with E-state index in [0.29, 0.717) is 48.1 Å². The first kappa shape index (κ1) is 87.4. The van der Waals surface area contributed by atoms with Crippen molar-refractivity contribution in [1.82, 2.24) is 0 Å². The van der Waals surface area contributed by atoms with Crippen LogP contribution in [0, 0.1) is 101 Å². The molecule has 0 saturated carbocycles. The van der Waals surface area contributed by atoms with Crippen LogP contribution in [0.5, 0.6) is 0 Å². The van der Waals surface area contributed by atoms with Crippen molar-refractivity contribution in [1.29, 1.82) is 0 Å². The molecule has 0 amide bonds. The zero-order chi connectivity index (χ0) is 68.3. The highest BCUT2D eigenvalue weighted by Crippen LogP contribution is 2.28. The molecule has 91 heavy (non-hydrogen) atoms. The average Bonchev–Trinajstić information content (AvgIpc) is 4.43. The first-order valence-corrected chi connectivity index (χ1v) is 37.4. The highest BCUT2D eigenvalue weighted by Gasteiger charge is 2.28. The fourth-order valence-corrected chi connectivity index (χ4v) is 11.6. The topological polar surface area (TPSA) is 111 Å². The molecule has 0 bridgehead atoms. The largest absolute Gasteiger partial charge is 0.498 e. The lowest BCUT2D eigenvalue weighted by Gasteiger charge is -2.12. The van der Waals surface area contributed by atoms with Gasteiger partial charge in [0.25, 0.3) is 0 Å². The first-order valence-electron chi connectivity index (χ1n) is 37.4. The summed E-state index contributed by atoms with van der Waals surface area (Å²) in [6.07, 6.45) is 25.1. The maximum absolute atomic E-state index is 5.43. The predicted octanol–water partition coefficient (Wildman–Crippen LogP) is 19.6. The maximum Gasteiger partial charge on any atom is 0.157 e. The fraction of sp³-hybridized carbons (Fsp3) is 0.924. The maximum atomic E-state index is 5.43. The zero-order valence-electron chi connectivity index (χ0n) is 64.0. The summed E-state index contributed by atoms with van der Waals surface area (Å²) in [5.74, 6) is 14.2. The van der Waals surface area contributed by atoms with Gasteiger partial charge in [-0.05, 0) is 177 Å². The molecular weight excluding hydrogens is 1140 g/mol. The van der Waals surface area contributed by atoms with Crippen molar-refractivity contribution in [3.8, 4) is 0 Å². The second-order valence-electron chi connectivity index (χ2n) is 31.1. The van der Waals surface area contributed by atoms with E-state index < -0.39 is 0 Å². The number of hydrogen-bond donors (Lipinski definition) is 0. The molecule has 11 atom stereocenters. The minimum Gasteiger partial charge on any atom is -0.498 e. The Bertz CT molecular complexity index is 1530. The van der Waals surface area contributed by atoms with Crippen molar-refractivity contribution in [2.75, 3.05) is 106 Å². The minimum absolute atomic E-state index is 0.0624. The lowest BCUT2D eigenvalue weighted by Crippen LogP contribution is -2.12. The minimum atomic E-state index is 0.0624. The normalized spacial score (nSPS) is 28.6. The van der Waals surface area contributed by atoms with Crippen molar-refractivity contribution in [2.24, 2.45) is 101 Å². The SMILES string of the molecule is CC(C)C1=CCCO1.CC(C)C1=CCOC1.CC(C)C1CC=CO1.CC(C)C1CCCO1.CC(C)C1CCCO1.CC(C)C1CCOC1.CC(C)C1CCOC1.CC(C)C1CCOC1.CC(C)C1CCOC1.CC1CC(C(C)C)CO1.COC1CC(C(C)C)CO1. The van der Waals surface area contributed by atoms with Gasteiger partial charge in [0.05, 0.1) is 63.4 Å². The van der Waals surface area contributed by atoms with Crippen LogP contribution in [0.15, 0.2) is 35.8 Å². The monoisotopic (exact) mass is 1290 g/mol. The summed E-state index contributed by atoms with van der Waals surface area (Å²) < 4.78 is 63.2. The summed E-state index contributed by atoms with van der Waals surface area (Å²) >= 11 is 0. The molecule has 12 nitrogen and oxygen atoms in total. The van der Waals surface area contributed by atoms with Gasteiger partial charge in [-0.25, -0.2) is 0 Å². The fourth-order valence-electron chi connectivity index (χ4n) is 11.6. The van der Waals surface area contributed by atoms with Crippen molar-refractivity contribution in [3.05, 3.63) is 35.8 Å². The van der Waals surface area contributed by atoms with E-state index in [0.717, 1.165) is 195 Å². The quantitative estimate of drug-likeness (QED) is 0.174. The van der Waals surface area contributed by atoms with Crippen LogP contribution in [0.3, 0.4) is 0 Å². The van der Waals surface area contributed by atoms with Gasteiger partial charge in [0.15, 0.2) is 6.29 Å². The van der Waals surface area contributed by atoms with Crippen molar-refractivity contribution >= 4 is 0 Å². The van der Waals surface area contributed by atoms with Gasteiger partial charge in [0, 0.05) is 98.4 Å². The lowest BCUT2D eigenvalue weighted by molar-refractivity contribution is -0.0881. The number of methoxy groups -OCH3 is 1. The molecule has 0 aliphatic carbocycles. The van der Waals surface area contributed by atoms with E-state index in [4.69, 9.17) is 56.8 Å². The van der Waals surface area contributed by atoms with Crippen LogP contribution in [0.2, 0.25) is 0 Å². The number of rotatable bonds is 12. The van der Waals surface area contributed by atoms with Crippen LogP contribution >= 0.6 is 0 Å². The van der Waals surface area contributed by atoms with Crippen LogP contribution in [0.4, 0.5) is 0 Å². The van der Waals surface area contributed by atoms with Gasteiger partial charge < -0.3 is 56.8 Å². The highest BCUT2D eigenvalue weighted by atomic mass is 16.7. The summed E-state index contributed by atoms with van der Waals surface area (Å²) in [5.41, 5.74) is 1.45. The molecule has 0 aromatic heterocycles. The van der Waals surface area contributed by atoms with E-state index >= 15 is 0 Å². The van der Waals surface area contributed by atoms with E-state index in [1.165, 1.54) is 69.1 Å². The summed E-state index contributed by atoms with van der Waals surface area (Å²) in [4.78, 5) is 0. The van der Waals surface area contributed by atoms with E-state index in [1.54, 1.807) is 13.4 Å². The molecule has 11 unspecified atom stereocenters. The Hall–Kier alpha value is -1.58. The molecule has 0 spiro atoms. The molecule has 0 aromatic carbocycles. The van der Waals surface area contributed by atoms with E-state index in [-0.39, 0.29) is 6.29 Å². The third-order valence-corrected chi connectivity index (χ3v) is 19.7. The summed E-state index contributed by atoms with van der Waals surface area (Å²) in [7, 11) is 1.70. The van der Waals surface area contributed by atoms with Crippen LogP contribution in [-0.2, 0) is 56.8 Å². The van der Waals surface area contributed by atoms with Gasteiger partial charge in [-0.15, -0.1) is 0 Å². The van der Waals surface area contributed by atoms with Crippen LogP contribution < -0.4 is 0 Å². The van der Waals surface area contributed by atoms with E-state index in [2.05, 4.69) is 177 Å². The molecule has 11 rings (SSSR count). The Morgan fingerprint density at radius 3 is 0.978 bits per heavy atom. The number of ether oxygens (including phenoxy) is 12. The molecule has 11 aliphatic heterocycles. The number of hydrogen-bond acceptors (Lipinski definition) is 12. The smallest absolute Gasteiger partial charge is 0.157 e. The van der Waals surface area contributed by atoms with Gasteiger partial charge in [0.2, 0.25) is 0 Å². The Labute approximate surface area is 563 Å². The van der Waals surface area contributed by atoms with Gasteiger partial charge in [-0.1, -0.05) is 158 Å². The van der Waals surface area contributed by atoms with Gasteiger partial charge in [0.1, 0.15) is 6.10 Å². The highest BCUT2D eigenvalue weighted by molar-refractivity contribution is 5.09. The van der Waals surface area contributed by atoms with Crippen molar-refractivity contribution in [2.45, 2.75) is 267 Å². The standard InChI is InChI=1S/C8H16O2.C8H16O.4C7H14O.C7H12O.2C7H14O.2C7H12O/c1-6(2)7-4-8(9-3)10-5-7;1-6(2)8-4-7(3)9-5-8;5*1-6(2)7-3-4-8-5-7;4*1-6(2)7-4-3-5-8-7/h6-8H,4-5H2,1-3H3;6-8H,4-5H2,1-3H3;4*6-7H,3-5H2,1-2H3;3,6H,4-5H2,1-2H3;2*6-7H,3-5H2,1-2H3;4,6H,3,5H2,1-2H3;3,5-7H,4H2,1-2H3. The lowest BCUT2D eigenvalue weighted by atomic mass is 9.94. The van der Waals surface area contributed by atoms with Gasteiger partial charge in [-0.2, -0.15) is 0 Å². The van der Waals surface area contributed by atoms with Crippen LogP contribution in [-0.4, -0.2) is 137 Å². The molecular formula is C79H152O12. The Balaban J connectivity index is 0.000000501. The van der Waals surface area contributed by atoms with Gasteiger partial charge in [-0.3, -0.25) is 0 Å². The Morgan fingerprint density at radius 1 is 0.396 bits per heavy atom. The van der Waals surface area contributed by atoms with Crippen LogP contribution in [0.1, 0.15) is 236 Å². The molecule has 540 valence electrons. The van der Waals surface area contributed by atoms with E-state index in [9.17, 15) is 0 Å². The zero-order valence-corrected chi connectivity index (χ0v) is 64.0. The molecule has 11 heterocycles. The summed E-state index contributed by atoms with van der Waals surface area (Å²) in [6.45, 7) is 65.5. The second kappa shape index (κ2) is 52.5. The molecule has 0 N–H and O–H groups in total. The molecule has 8 fully saturated rings. The summed E-state index contributed by atoms with van der Waals surface area (Å²) in [6, 6.07) is 0. The average molecular weight is 1290 g/mol. The number of allylic oxidation sites excluding steroid dienone is 1. The van der Waals surface area contributed by atoms with Crippen molar-refractivity contribution in [3.63, 3.8) is 0 Å². The summed E-state index contributed by atoms with van der Waals surface area (Å²) in [5, 5.41) is 0. The molecule has 0 radical (unpaired) electrons. The Kier molecular flexibility index (Phi) is 50.5. The third-order valence-electron chi connectivity index (χ3n) is 19.7. The first-order chi connectivity index (χ1) is 43.2. The second-order valence-corrected chi connectivity index (χ2v) is 31.1. The van der Waals surface area contributed by atoms with Crippen LogP contribution in [0.25, 0.3) is 0 Å². The third kappa shape index (κ3) is 42.0. The van der Waals surface area contributed by atoms with Gasteiger partial charge >= 0.3 is 0 Å². The molecule has 11 aliphatic rings.